The molecule has 0 amide bonds. The largest absolute Gasteiger partial charge is 0.450 e. The van der Waals surface area contributed by atoms with Gasteiger partial charge in [0.05, 0.1) is 4.92 Å². The first kappa shape index (κ1) is 20.0. The molecule has 0 saturated carbocycles. The lowest BCUT2D eigenvalue weighted by atomic mass is 10.2. The maximum absolute atomic E-state index is 11.6. The van der Waals surface area contributed by atoms with Gasteiger partial charge < -0.3 is 4.74 Å². The number of hydrogen-bond acceptors (Lipinski definition) is 8. The van der Waals surface area contributed by atoms with E-state index in [1.54, 1.807) is 31.3 Å². The maximum Gasteiger partial charge on any atom is 0.312 e. The number of aromatic nitrogens is 1. The summed E-state index contributed by atoms with van der Waals surface area (Å²) in [5.74, 6) is 0.622. The van der Waals surface area contributed by atoms with Crippen molar-refractivity contribution >= 4 is 33.9 Å². The zero-order valence-electron chi connectivity index (χ0n) is 15.7. The molecule has 0 N–H and O–H groups in total. The Kier molecular flexibility index (Phi) is 5.89. The lowest BCUT2D eigenvalue weighted by Crippen LogP contribution is -1.94. The highest BCUT2D eigenvalue weighted by atomic mass is 32.1. The fourth-order valence-corrected chi connectivity index (χ4v) is 3.54. The van der Waals surface area contributed by atoms with Crippen molar-refractivity contribution in [3.05, 3.63) is 75.3 Å². The Bertz CT molecular complexity index is 1140. The summed E-state index contributed by atoms with van der Waals surface area (Å²) in [5, 5.41) is 15.3. The van der Waals surface area contributed by atoms with Crippen molar-refractivity contribution in [2.75, 3.05) is 0 Å². The summed E-state index contributed by atoms with van der Waals surface area (Å²) < 4.78 is 5.71. The molecule has 0 unspecified atom stereocenters. The van der Waals surface area contributed by atoms with Gasteiger partial charge in [-0.1, -0.05) is 30.0 Å². The molecule has 8 nitrogen and oxygen atoms in total. The van der Waals surface area contributed by atoms with Gasteiger partial charge in [-0.05, 0) is 48.9 Å². The first-order valence-corrected chi connectivity index (χ1v) is 9.30. The second kappa shape index (κ2) is 8.53. The second-order valence-electron chi connectivity index (χ2n) is 5.96. The van der Waals surface area contributed by atoms with Crippen LogP contribution in [0.2, 0.25) is 0 Å². The van der Waals surface area contributed by atoms with Crippen LogP contribution in [-0.2, 0) is 0 Å². The van der Waals surface area contributed by atoms with Crippen LogP contribution in [0.25, 0.3) is 16.3 Å². The van der Waals surface area contributed by atoms with E-state index < -0.39 is 4.92 Å². The zero-order valence-corrected chi connectivity index (χ0v) is 16.5. The number of nitroso groups, excluding NO2 is 1. The van der Waals surface area contributed by atoms with Crippen molar-refractivity contribution in [1.82, 2.24) is 4.98 Å². The van der Waals surface area contributed by atoms with Gasteiger partial charge in [-0.3, -0.25) is 10.1 Å². The van der Waals surface area contributed by atoms with E-state index in [0.717, 1.165) is 5.56 Å². The standard InChI is InChI=1S/C20H16N4O4S/c1-4-21-20-18(13(3)23-25)22-19(29-20)14-8-9-17(16(11-14)24(26)27)28-15-7-5-6-12(2)10-15/h4-11H,3H2,1-2H3/b21-4-. The average molecular weight is 408 g/mol. The predicted octanol–water partition coefficient (Wildman–Crippen LogP) is 6.28. The molecule has 0 saturated heterocycles. The molecule has 0 radical (unpaired) electrons. The van der Waals surface area contributed by atoms with Gasteiger partial charge in [-0.15, -0.1) is 4.91 Å². The molecule has 0 aliphatic carbocycles. The molecule has 1 aromatic heterocycles. The number of nitro groups is 1. The van der Waals surface area contributed by atoms with Gasteiger partial charge in [-0.25, -0.2) is 9.98 Å². The third-order valence-electron chi connectivity index (χ3n) is 3.86. The lowest BCUT2D eigenvalue weighted by molar-refractivity contribution is -0.385. The van der Waals surface area contributed by atoms with Crippen LogP contribution < -0.4 is 4.74 Å². The monoisotopic (exact) mass is 408 g/mol. The van der Waals surface area contributed by atoms with Crippen LogP contribution in [-0.4, -0.2) is 16.1 Å². The lowest BCUT2D eigenvalue weighted by Gasteiger charge is -2.08. The molecule has 3 rings (SSSR count). The van der Waals surface area contributed by atoms with Crippen LogP contribution in [0.15, 0.2) is 59.2 Å². The molecule has 0 bridgehead atoms. The number of aliphatic imine (C=N–C) groups is 1. The number of ether oxygens (including phenoxy) is 1. The van der Waals surface area contributed by atoms with Crippen LogP contribution in [0.1, 0.15) is 18.2 Å². The zero-order chi connectivity index (χ0) is 21.0. The Labute approximate surface area is 170 Å². The Hall–Kier alpha value is -3.72. The van der Waals surface area contributed by atoms with Gasteiger partial charge in [0.15, 0.2) is 0 Å². The molecule has 146 valence electrons. The minimum Gasteiger partial charge on any atom is -0.450 e. The number of thiazole rings is 1. The number of rotatable bonds is 7. The Morgan fingerprint density at radius 3 is 2.76 bits per heavy atom. The van der Waals surface area contributed by atoms with Crippen molar-refractivity contribution < 1.29 is 9.66 Å². The summed E-state index contributed by atoms with van der Waals surface area (Å²) in [6.07, 6.45) is 1.56. The minimum atomic E-state index is -0.514. The number of nitro benzene ring substituents is 1. The van der Waals surface area contributed by atoms with E-state index in [0.29, 0.717) is 21.3 Å². The van der Waals surface area contributed by atoms with E-state index in [2.05, 4.69) is 21.7 Å². The molecule has 1 heterocycles. The number of nitrogens with zero attached hydrogens (tertiary/aromatic N) is 4. The third kappa shape index (κ3) is 4.41. The Morgan fingerprint density at radius 2 is 2.10 bits per heavy atom. The van der Waals surface area contributed by atoms with Gasteiger partial charge in [-0.2, -0.15) is 0 Å². The van der Waals surface area contributed by atoms with Crippen LogP contribution in [0.5, 0.6) is 11.5 Å². The molecular weight excluding hydrogens is 392 g/mol. The number of hydrogen-bond donors (Lipinski definition) is 0. The first-order valence-electron chi connectivity index (χ1n) is 8.48. The summed E-state index contributed by atoms with van der Waals surface area (Å²) in [6, 6.07) is 11.8. The number of aryl methyl sites for hydroxylation is 1. The van der Waals surface area contributed by atoms with Gasteiger partial charge in [0.25, 0.3) is 0 Å². The molecule has 0 spiro atoms. The van der Waals surface area contributed by atoms with E-state index in [4.69, 9.17) is 4.74 Å². The summed E-state index contributed by atoms with van der Waals surface area (Å²) >= 11 is 1.18. The number of benzene rings is 2. The smallest absolute Gasteiger partial charge is 0.312 e. The second-order valence-corrected chi connectivity index (χ2v) is 6.93. The fraction of sp³-hybridized carbons (Fsp3) is 0.100. The highest BCUT2D eigenvalue weighted by Gasteiger charge is 2.21. The van der Waals surface area contributed by atoms with Crippen molar-refractivity contribution in [3.63, 3.8) is 0 Å². The molecule has 0 aliphatic heterocycles. The molecule has 0 aliphatic rings. The van der Waals surface area contributed by atoms with Crippen LogP contribution in [0.3, 0.4) is 0 Å². The molecule has 29 heavy (non-hydrogen) atoms. The summed E-state index contributed by atoms with van der Waals surface area (Å²) in [6.45, 7) is 7.20. The fourth-order valence-electron chi connectivity index (χ4n) is 2.56. The quantitative estimate of drug-likeness (QED) is 0.198. The van der Waals surface area contributed by atoms with Crippen LogP contribution in [0.4, 0.5) is 10.7 Å². The average Bonchev–Trinajstić information content (AvgIpc) is 3.12. The summed E-state index contributed by atoms with van der Waals surface area (Å²) in [7, 11) is 0. The molecule has 9 heteroatoms. The maximum atomic E-state index is 11.6. The van der Waals surface area contributed by atoms with Crippen molar-refractivity contribution in [2.24, 2.45) is 10.2 Å². The molecular formula is C20H16N4O4S. The SMILES string of the molecule is C=C(N=O)c1nc(-c2ccc(Oc3cccc(C)c3)c([N+](=O)[O-])c2)sc1/N=C\C. The normalized spacial score (nSPS) is 10.8. The van der Waals surface area contributed by atoms with Crippen LogP contribution in [0, 0.1) is 21.9 Å². The topological polar surface area (TPSA) is 107 Å². The Balaban J connectivity index is 2.04. The summed E-state index contributed by atoms with van der Waals surface area (Å²) in [5.41, 5.74) is 1.47. The van der Waals surface area contributed by atoms with E-state index in [1.807, 2.05) is 19.1 Å². The van der Waals surface area contributed by atoms with Crippen molar-refractivity contribution in [1.29, 1.82) is 0 Å². The van der Waals surface area contributed by atoms with Gasteiger partial charge >= 0.3 is 5.69 Å². The van der Waals surface area contributed by atoms with Crippen LogP contribution >= 0.6 is 11.3 Å². The van der Waals surface area contributed by atoms with E-state index in [1.165, 1.54) is 23.5 Å². The van der Waals surface area contributed by atoms with Gasteiger partial charge in [0, 0.05) is 17.8 Å². The predicted molar refractivity (Wildman–Crippen MR) is 114 cm³/mol. The molecule has 0 atom stereocenters. The van der Waals surface area contributed by atoms with E-state index in [9.17, 15) is 15.0 Å². The van der Waals surface area contributed by atoms with Gasteiger partial charge in [0.1, 0.15) is 27.1 Å². The summed E-state index contributed by atoms with van der Waals surface area (Å²) in [4.78, 5) is 30.5. The Morgan fingerprint density at radius 1 is 1.31 bits per heavy atom. The van der Waals surface area contributed by atoms with Gasteiger partial charge in [0.2, 0.25) is 5.75 Å². The molecule has 2 aromatic carbocycles. The highest BCUT2D eigenvalue weighted by Crippen LogP contribution is 2.40. The third-order valence-corrected chi connectivity index (χ3v) is 4.87. The first-order chi connectivity index (χ1) is 13.9. The molecule has 0 fully saturated rings. The van der Waals surface area contributed by atoms with E-state index >= 15 is 0 Å². The van der Waals surface area contributed by atoms with Crippen molar-refractivity contribution in [2.45, 2.75) is 13.8 Å². The van der Waals surface area contributed by atoms with E-state index in [-0.39, 0.29) is 22.8 Å². The van der Waals surface area contributed by atoms with Crippen molar-refractivity contribution in [3.8, 4) is 22.1 Å². The highest BCUT2D eigenvalue weighted by molar-refractivity contribution is 7.19. The minimum absolute atomic E-state index is 0.0537. The molecule has 3 aromatic rings.